The molecule has 0 aliphatic carbocycles. The van der Waals surface area contributed by atoms with Gasteiger partial charge in [-0.3, -0.25) is 4.79 Å². The van der Waals surface area contributed by atoms with E-state index in [0.717, 1.165) is 0 Å². The van der Waals surface area contributed by atoms with Crippen molar-refractivity contribution in [1.82, 2.24) is 0 Å². The van der Waals surface area contributed by atoms with Crippen LogP contribution in [0.4, 0.5) is 4.39 Å². The van der Waals surface area contributed by atoms with Gasteiger partial charge in [-0.15, -0.1) is 0 Å². The number of halogens is 1. The van der Waals surface area contributed by atoms with Crippen molar-refractivity contribution in [3.8, 4) is 0 Å². The average molecular weight is 250 g/mol. The van der Waals surface area contributed by atoms with E-state index in [2.05, 4.69) is 0 Å². The maximum atomic E-state index is 13.8. The summed E-state index contributed by atoms with van der Waals surface area (Å²) in [6, 6.07) is 4.14. The van der Waals surface area contributed by atoms with Gasteiger partial charge in [-0.25, -0.2) is 4.39 Å². The first-order valence-electron chi connectivity index (χ1n) is 5.87. The molecule has 0 radical (unpaired) electrons. The largest absolute Gasteiger partial charge is 0.497 e. The molecule has 0 saturated carbocycles. The molecule has 0 spiro atoms. The Morgan fingerprint density at radius 2 is 1.72 bits per heavy atom. The van der Waals surface area contributed by atoms with Crippen molar-refractivity contribution in [1.29, 1.82) is 0 Å². The predicted molar refractivity (Wildman–Crippen MR) is 67.5 cm³/mol. The van der Waals surface area contributed by atoms with Crippen LogP contribution in [0.15, 0.2) is 18.2 Å². The summed E-state index contributed by atoms with van der Waals surface area (Å²) in [7, 11) is -0.782. The second-order valence-electron chi connectivity index (χ2n) is 5.49. The molecule has 0 aromatic heterocycles. The smallest absolute Gasteiger partial charge is 0.399 e. The Morgan fingerprint density at radius 1 is 1.17 bits per heavy atom. The van der Waals surface area contributed by atoms with Crippen LogP contribution in [-0.4, -0.2) is 24.6 Å². The Balaban J connectivity index is 2.37. The molecular formula is C13H16BFO3. The molecule has 3 nitrogen and oxygen atoms in total. The van der Waals surface area contributed by atoms with Crippen molar-refractivity contribution in [3.63, 3.8) is 0 Å². The molecule has 1 heterocycles. The van der Waals surface area contributed by atoms with Gasteiger partial charge >= 0.3 is 7.12 Å². The number of hydrogen-bond donors (Lipinski definition) is 0. The predicted octanol–water partition coefficient (Wildman–Crippen LogP) is 1.94. The van der Waals surface area contributed by atoms with Crippen LogP contribution in [0.3, 0.4) is 0 Å². The molecule has 18 heavy (non-hydrogen) atoms. The molecule has 1 aliphatic heterocycles. The zero-order valence-electron chi connectivity index (χ0n) is 11.0. The molecule has 1 saturated heterocycles. The minimum atomic E-state index is -0.782. The third kappa shape index (κ3) is 2.08. The topological polar surface area (TPSA) is 35.5 Å². The second kappa shape index (κ2) is 4.18. The van der Waals surface area contributed by atoms with Gasteiger partial charge in [0.15, 0.2) is 0 Å². The number of hydrogen-bond acceptors (Lipinski definition) is 3. The second-order valence-corrected chi connectivity index (χ2v) is 5.49. The molecule has 1 fully saturated rings. The number of carbonyl (C=O) groups is 1. The Hall–Kier alpha value is -1.20. The highest BCUT2D eigenvalue weighted by atomic mass is 19.1. The summed E-state index contributed by atoms with van der Waals surface area (Å²) < 4.78 is 25.3. The fourth-order valence-electron chi connectivity index (χ4n) is 1.79. The molecule has 1 aromatic carbocycles. The normalized spacial score (nSPS) is 21.1. The van der Waals surface area contributed by atoms with Crippen LogP contribution < -0.4 is 5.46 Å². The minimum absolute atomic E-state index is 0.262. The summed E-state index contributed by atoms with van der Waals surface area (Å²) in [4.78, 5) is 10.7. The van der Waals surface area contributed by atoms with E-state index < -0.39 is 24.1 Å². The van der Waals surface area contributed by atoms with Crippen LogP contribution in [0.25, 0.3) is 0 Å². The highest BCUT2D eigenvalue weighted by Crippen LogP contribution is 2.36. The fourth-order valence-corrected chi connectivity index (χ4v) is 1.79. The first-order chi connectivity index (χ1) is 8.27. The van der Waals surface area contributed by atoms with Gasteiger partial charge in [0.25, 0.3) is 0 Å². The summed E-state index contributed by atoms with van der Waals surface area (Å²) in [5.74, 6) is -0.431. The molecule has 0 N–H and O–H groups in total. The lowest BCUT2D eigenvalue weighted by molar-refractivity contribution is 0.00578. The van der Waals surface area contributed by atoms with E-state index >= 15 is 0 Å². The summed E-state index contributed by atoms with van der Waals surface area (Å²) in [5.41, 5.74) is -0.387. The molecule has 0 atom stereocenters. The van der Waals surface area contributed by atoms with E-state index in [1.807, 2.05) is 27.7 Å². The van der Waals surface area contributed by atoms with Crippen LogP contribution >= 0.6 is 0 Å². The van der Waals surface area contributed by atoms with Crippen molar-refractivity contribution in [2.75, 3.05) is 0 Å². The molecule has 1 aromatic rings. The average Bonchev–Trinajstić information content (AvgIpc) is 2.48. The number of carbonyl (C=O) groups excluding carboxylic acids is 1. The van der Waals surface area contributed by atoms with Gasteiger partial charge in [0, 0.05) is 11.0 Å². The van der Waals surface area contributed by atoms with Gasteiger partial charge in [0.1, 0.15) is 12.1 Å². The lowest BCUT2D eigenvalue weighted by Crippen LogP contribution is -2.41. The lowest BCUT2D eigenvalue weighted by atomic mass is 9.78. The highest BCUT2D eigenvalue weighted by molar-refractivity contribution is 6.62. The molecule has 1 aliphatic rings. The third-order valence-electron chi connectivity index (χ3n) is 3.66. The fraction of sp³-hybridized carbons (Fsp3) is 0.462. The van der Waals surface area contributed by atoms with Gasteiger partial charge < -0.3 is 9.31 Å². The first kappa shape index (κ1) is 13.2. The van der Waals surface area contributed by atoms with Crippen molar-refractivity contribution in [2.24, 2.45) is 0 Å². The minimum Gasteiger partial charge on any atom is -0.399 e. The van der Waals surface area contributed by atoms with E-state index in [-0.39, 0.29) is 5.46 Å². The summed E-state index contributed by atoms with van der Waals surface area (Å²) in [5, 5.41) is 0. The zero-order valence-corrected chi connectivity index (χ0v) is 11.0. The van der Waals surface area contributed by atoms with E-state index in [4.69, 9.17) is 9.31 Å². The molecule has 96 valence electrons. The SMILES string of the molecule is CC1(C)OB(c2cc(C=O)ccc2F)OC1(C)C. The molecule has 2 rings (SSSR count). The quantitative estimate of drug-likeness (QED) is 0.594. The first-order valence-corrected chi connectivity index (χ1v) is 5.87. The maximum absolute atomic E-state index is 13.8. The van der Waals surface area contributed by atoms with Crippen LogP contribution in [0.2, 0.25) is 0 Å². The number of benzene rings is 1. The third-order valence-corrected chi connectivity index (χ3v) is 3.66. The molecule has 5 heteroatoms. The van der Waals surface area contributed by atoms with Gasteiger partial charge in [-0.05, 0) is 45.9 Å². The van der Waals surface area contributed by atoms with Gasteiger partial charge in [0.2, 0.25) is 0 Å². The summed E-state index contributed by atoms with van der Waals surface area (Å²) in [6.45, 7) is 7.59. The highest BCUT2D eigenvalue weighted by Gasteiger charge is 2.52. The van der Waals surface area contributed by atoms with E-state index in [0.29, 0.717) is 11.8 Å². The van der Waals surface area contributed by atoms with E-state index in [9.17, 15) is 9.18 Å². The number of aldehydes is 1. The standard InChI is InChI=1S/C13H16BFO3/c1-12(2)13(3,4)18-14(17-12)10-7-9(8-16)5-6-11(10)15/h5-8H,1-4H3. The van der Waals surface area contributed by atoms with Crippen molar-refractivity contribution in [2.45, 2.75) is 38.9 Å². The lowest BCUT2D eigenvalue weighted by Gasteiger charge is -2.32. The van der Waals surface area contributed by atoms with E-state index in [1.54, 1.807) is 0 Å². The monoisotopic (exact) mass is 250 g/mol. The molecular weight excluding hydrogens is 234 g/mol. The van der Waals surface area contributed by atoms with E-state index in [1.165, 1.54) is 18.2 Å². The Morgan fingerprint density at radius 3 is 2.22 bits per heavy atom. The molecule has 0 bridgehead atoms. The zero-order chi connectivity index (χ0) is 13.6. The van der Waals surface area contributed by atoms with Gasteiger partial charge in [-0.1, -0.05) is 0 Å². The number of rotatable bonds is 2. The van der Waals surface area contributed by atoms with Crippen LogP contribution in [0.1, 0.15) is 38.1 Å². The van der Waals surface area contributed by atoms with Crippen molar-refractivity contribution >= 4 is 18.9 Å². The Kier molecular flexibility index (Phi) is 3.07. The molecule has 0 unspecified atom stereocenters. The van der Waals surface area contributed by atoms with Crippen LogP contribution in [0, 0.1) is 5.82 Å². The summed E-state index contributed by atoms with van der Waals surface area (Å²) >= 11 is 0. The van der Waals surface area contributed by atoms with Crippen molar-refractivity contribution in [3.05, 3.63) is 29.6 Å². The Bertz CT molecular complexity index is 469. The Labute approximate surface area is 106 Å². The van der Waals surface area contributed by atoms with Crippen LogP contribution in [-0.2, 0) is 9.31 Å². The maximum Gasteiger partial charge on any atom is 0.497 e. The van der Waals surface area contributed by atoms with Gasteiger partial charge in [-0.2, -0.15) is 0 Å². The molecule has 0 amide bonds. The van der Waals surface area contributed by atoms with Gasteiger partial charge in [0.05, 0.1) is 11.2 Å². The van der Waals surface area contributed by atoms with Crippen molar-refractivity contribution < 1.29 is 18.5 Å². The van der Waals surface area contributed by atoms with Crippen LogP contribution in [0.5, 0.6) is 0 Å². The summed E-state index contributed by atoms with van der Waals surface area (Å²) in [6.07, 6.45) is 0.675.